The number of hydrogen-bond donors (Lipinski definition) is 18. The third-order valence-electron chi connectivity index (χ3n) is 16.2. The molecule has 0 saturated heterocycles. The number of thioether (sulfide) groups is 4. The van der Waals surface area contributed by atoms with Crippen LogP contribution in [-0.2, 0) is 37.0 Å². The number of nitrogens with one attached hydrogen (secondary N) is 8. The lowest BCUT2D eigenvalue weighted by Crippen LogP contribution is -2.33. The maximum atomic E-state index is 13.3. The third kappa shape index (κ3) is 38.4. The second kappa shape index (κ2) is 58.9. The number of amidine groups is 5. The molecule has 0 aliphatic carbocycles. The van der Waals surface area contributed by atoms with Crippen LogP contribution in [0.5, 0.6) is 5.88 Å². The number of halogens is 6. The fourth-order valence-electron chi connectivity index (χ4n) is 9.85. The zero-order valence-electron chi connectivity index (χ0n) is 72.1. The largest absolute Gasteiger partial charge is 0.477 e. The minimum atomic E-state index is -3.92. The zero-order chi connectivity index (χ0) is 101. The molecular formula is C76H84Br3F3N32O19S6. The standard InChI is InChI=1S/C13H14BrN5O3S.C13H11FN4O2.C13H16N6O3S.C12H12BrFN6O3S.C12H12BrN5O3S.C12H15FN6O5S2.CH4/c1-7-2-3-8(6-9(7)14)16-12(17-21)11-13(19-22-18-11)23-5-4-10(15)20;1-8-5-9(3-4-10(8)14)6-11(16-7-15)12-13(19-2)18-20-17-12;1-8-3-2-4-9(7-8)16-11(17-21)10-12(19-22-18-10)23-6-5-15-13(14)20;13-7-5-6(1-2-8(7)14)17-10(18-22)9-11(20-23-19-9)24-4-3-16-12(15)21;1-6-2-3-7(4-8(6)13)15-11(16-20)10-12(18-21-17-10)22-5-9(14)19;1-7-6-8(2-3-9(7)13)16-11(17-20)10-12(19-24-18-10)25(21)5-4-15-26(14,22)23;/h2-3,6,21H,4-5H2,1H3,(H2,15,20)(H,16,17);3-5H,6H2,1-2H3;2-4,7,21H,5-6H2,1H3,(H,16,17)(H3,14,15,20);1-2,5,22H,3-4H2,(H,17,18)(H3,15,16,21);2-4,20H,5H2,1H3,(H2,14,19)(H,15,16);2-3,6,15,20H,4-5H2,1H3,(H,16,17)(H2,14,22,23);1H4. The Kier molecular flexibility index (Phi) is 48.3. The highest BCUT2D eigenvalue weighted by Crippen LogP contribution is 2.31. The Balaban J connectivity index is 0.000000256. The van der Waals surface area contributed by atoms with E-state index in [4.69, 9.17) is 42.7 Å². The molecule has 0 aliphatic heterocycles. The van der Waals surface area contributed by atoms with Crippen LogP contribution in [0.15, 0.2) is 212 Å². The van der Waals surface area contributed by atoms with E-state index < -0.39 is 56.5 Å². The number of methoxy groups -OCH3 is 1. The molecule has 0 spiro atoms. The van der Waals surface area contributed by atoms with Gasteiger partial charge in [-0.1, -0.05) is 123 Å². The summed E-state index contributed by atoms with van der Waals surface area (Å²) < 4.78 is 110. The molecule has 0 fully saturated rings. The van der Waals surface area contributed by atoms with Gasteiger partial charge in [0.15, 0.2) is 83.4 Å². The van der Waals surface area contributed by atoms with Gasteiger partial charge in [0.2, 0.25) is 23.0 Å². The molecule has 12 rings (SSSR count). The van der Waals surface area contributed by atoms with E-state index in [1.807, 2.05) is 77.7 Å². The molecule has 6 aromatic heterocycles. The second-order valence-corrected chi connectivity index (χ2v) is 36.0. The monoisotopic (exact) mass is 2230 g/mol. The number of benzene rings is 6. The molecular weight excluding hydrogens is 2150 g/mol. The van der Waals surface area contributed by atoms with Gasteiger partial charge in [-0.15, -0.1) is 0 Å². The van der Waals surface area contributed by atoms with E-state index in [0.717, 1.165) is 43.0 Å². The lowest BCUT2D eigenvalue weighted by Gasteiger charge is -2.04. The maximum absolute atomic E-state index is 13.3. The van der Waals surface area contributed by atoms with Crippen LogP contribution in [0.3, 0.4) is 0 Å². The second-order valence-electron chi connectivity index (χ2n) is 26.3. The Labute approximate surface area is 829 Å². The van der Waals surface area contributed by atoms with Crippen LogP contribution in [0.1, 0.15) is 81.4 Å². The van der Waals surface area contributed by atoms with Gasteiger partial charge in [0.05, 0.1) is 62.3 Å². The molecule has 0 saturated carbocycles. The summed E-state index contributed by atoms with van der Waals surface area (Å²) in [4.78, 5) is 67.5. The summed E-state index contributed by atoms with van der Waals surface area (Å²) in [6.45, 7) is 9.51. The van der Waals surface area contributed by atoms with Crippen molar-refractivity contribution in [3.05, 3.63) is 214 Å². The van der Waals surface area contributed by atoms with Crippen molar-refractivity contribution in [1.29, 1.82) is 5.26 Å². The normalized spacial score (nSPS) is 11.7. The Hall–Kier alpha value is -13.6. The SMILES string of the molecule is C.COc1nonc1C(Cc1ccc(F)c(C)c1)=NC#N.Cc1cc(N=C(NO)c2nonc2S(=O)CCNS(N)(=O)=O)ccc1F.Cc1ccc(N=C(NO)c2nonc2SCC(N)=O)cc1Br.Cc1ccc(N=C(NO)c2nonc2SCCC(N)=O)cc1Br.Cc1cccc(N=C(NO)c2nonc2SCCNC(N)=O)c1.NC(=O)NCCSc1nonc1C(=Nc1ccc(F)c(Br)c1)NO. The Morgan fingerprint density at radius 2 is 0.878 bits per heavy atom. The molecule has 1 atom stereocenters. The number of ether oxygens (including phenoxy) is 1. The van der Waals surface area contributed by atoms with Gasteiger partial charge in [-0.2, -0.15) is 18.7 Å². The number of aryl methyl sites for hydroxylation is 5. The molecule has 51 nitrogen and oxygen atoms in total. The van der Waals surface area contributed by atoms with E-state index in [1.165, 1.54) is 91.8 Å². The molecule has 23 N–H and O–H groups in total. The summed E-state index contributed by atoms with van der Waals surface area (Å²) in [6, 6.07) is 29.9. The number of carbonyl (C=O) groups is 4. The molecule has 0 radical (unpaired) electrons. The van der Waals surface area contributed by atoms with Crippen molar-refractivity contribution in [2.45, 2.75) is 80.0 Å². The molecule has 139 heavy (non-hydrogen) atoms. The van der Waals surface area contributed by atoms with Gasteiger partial charge in [-0.3, -0.25) is 67.2 Å². The van der Waals surface area contributed by atoms with Gasteiger partial charge >= 0.3 is 12.1 Å². The number of nitriles is 1. The quantitative estimate of drug-likeness (QED) is 0.00446. The van der Waals surface area contributed by atoms with Crippen LogP contribution in [-0.4, -0.2) is 215 Å². The van der Waals surface area contributed by atoms with Gasteiger partial charge in [0.1, 0.15) is 17.5 Å². The number of primary amides is 4. The van der Waals surface area contributed by atoms with E-state index in [1.54, 1.807) is 61.1 Å². The summed E-state index contributed by atoms with van der Waals surface area (Å²) >= 11 is 14.7. The summed E-state index contributed by atoms with van der Waals surface area (Å²) in [6.07, 6.45) is 2.19. The van der Waals surface area contributed by atoms with Crippen LogP contribution in [0, 0.1) is 63.5 Å². The number of urea groups is 2. The van der Waals surface area contributed by atoms with Crippen LogP contribution < -0.4 is 75.6 Å². The number of aromatic nitrogens is 12. The van der Waals surface area contributed by atoms with Crippen LogP contribution in [0.2, 0.25) is 0 Å². The summed E-state index contributed by atoms with van der Waals surface area (Å²) in [5.74, 6) is -0.707. The molecule has 740 valence electrons. The Morgan fingerprint density at radius 3 is 1.29 bits per heavy atom. The maximum Gasteiger partial charge on any atom is 0.312 e. The highest BCUT2D eigenvalue weighted by atomic mass is 79.9. The molecule has 6 aromatic carbocycles. The number of carbonyl (C=O) groups excluding carboxylic acids is 4. The number of rotatable bonds is 34. The molecule has 63 heteroatoms. The number of amides is 6. The van der Waals surface area contributed by atoms with Gasteiger partial charge in [-0.25, -0.2) is 85.4 Å². The predicted octanol–water partition coefficient (Wildman–Crippen LogP) is 9.07. The summed E-state index contributed by atoms with van der Waals surface area (Å²) in [7, 11) is -4.34. The first-order valence-electron chi connectivity index (χ1n) is 38.3. The number of aliphatic imine (C=N–C) groups is 6. The number of nitrogens with zero attached hydrogens (tertiary/aromatic N) is 19. The topological polar surface area (TPSA) is 788 Å². The van der Waals surface area contributed by atoms with E-state index in [-0.39, 0.29) is 122 Å². The van der Waals surface area contributed by atoms with E-state index in [0.29, 0.717) is 96.5 Å². The first-order valence-corrected chi connectivity index (χ1v) is 47.4. The van der Waals surface area contributed by atoms with Crippen LogP contribution >= 0.6 is 94.8 Å². The number of hydrogen-bond acceptors (Lipinski definition) is 42. The summed E-state index contributed by atoms with van der Waals surface area (Å²) in [5, 5.41) is 110. The molecule has 6 amide bonds. The molecule has 12 aromatic rings. The van der Waals surface area contributed by atoms with Crippen molar-refractivity contribution < 1.29 is 104 Å². The Bertz CT molecular complexity index is 6530. The van der Waals surface area contributed by atoms with E-state index in [9.17, 15) is 71.0 Å². The van der Waals surface area contributed by atoms with Gasteiger partial charge in [0.25, 0.3) is 16.1 Å². The average molecular weight is 2240 g/mol. The van der Waals surface area contributed by atoms with Crippen molar-refractivity contribution in [3.8, 4) is 12.1 Å². The Morgan fingerprint density at radius 1 is 0.482 bits per heavy atom. The van der Waals surface area contributed by atoms with E-state index in [2.05, 4.69) is 173 Å². The van der Waals surface area contributed by atoms with Crippen LogP contribution in [0.25, 0.3) is 0 Å². The van der Waals surface area contributed by atoms with Crippen molar-refractivity contribution in [2.75, 3.05) is 55.5 Å². The van der Waals surface area contributed by atoms with Crippen LogP contribution in [0.4, 0.5) is 51.2 Å². The van der Waals surface area contributed by atoms with Gasteiger partial charge in [-0.05, 0) is 225 Å². The lowest BCUT2D eigenvalue weighted by atomic mass is 10.0. The van der Waals surface area contributed by atoms with Crippen molar-refractivity contribution in [2.24, 2.45) is 58.0 Å². The highest BCUT2D eigenvalue weighted by Gasteiger charge is 2.26. The zero-order valence-corrected chi connectivity index (χ0v) is 81.8. The van der Waals surface area contributed by atoms with Crippen molar-refractivity contribution in [3.63, 3.8) is 0 Å². The fraction of sp³-hybridized carbons (Fsp3) is 0.224. The van der Waals surface area contributed by atoms with Crippen molar-refractivity contribution in [1.82, 2.24) is 105 Å². The molecule has 6 heterocycles. The summed E-state index contributed by atoms with van der Waals surface area (Å²) in [5.41, 5.74) is 38.4. The molecule has 1 unspecified atom stereocenters. The third-order valence-corrected chi connectivity index (χ3v) is 24.2. The lowest BCUT2D eigenvalue weighted by molar-refractivity contribution is -0.117. The fourth-order valence-corrected chi connectivity index (χ4v) is 15.4. The molecule has 0 aliphatic rings. The average Bonchev–Trinajstić information content (AvgIpc) is 1.48. The van der Waals surface area contributed by atoms with E-state index >= 15 is 0 Å². The van der Waals surface area contributed by atoms with Gasteiger partial charge < -0.3 is 38.3 Å². The first kappa shape index (κ1) is 114. The number of nitrogens with two attached hydrogens (primary N) is 5. The highest BCUT2D eigenvalue weighted by molar-refractivity contribution is 9.11. The van der Waals surface area contributed by atoms with Crippen molar-refractivity contribution >= 4 is 203 Å². The minimum absolute atomic E-state index is 0. The smallest absolute Gasteiger partial charge is 0.312 e. The minimum Gasteiger partial charge on any atom is -0.477 e. The molecule has 0 bridgehead atoms. The predicted molar refractivity (Wildman–Crippen MR) is 509 cm³/mol. The number of hydroxylamine groups is 5. The van der Waals surface area contributed by atoms with Gasteiger partial charge in [0, 0.05) is 64.4 Å². The first-order chi connectivity index (χ1) is 66.0.